The van der Waals surface area contributed by atoms with Crippen LogP contribution in [-0.4, -0.2) is 63.6 Å². The molecule has 2 saturated heterocycles. The van der Waals surface area contributed by atoms with Gasteiger partial charge in [0.25, 0.3) is 11.8 Å². The minimum Gasteiger partial charge on any atom is -0.480 e. The van der Waals surface area contributed by atoms with E-state index < -0.39 is 12.0 Å². The van der Waals surface area contributed by atoms with Crippen LogP contribution in [0.25, 0.3) is 0 Å². The molecule has 2 heterocycles. The van der Waals surface area contributed by atoms with Crippen molar-refractivity contribution in [2.24, 2.45) is 5.92 Å². The lowest BCUT2D eigenvalue weighted by molar-refractivity contribution is -0.141. The highest BCUT2D eigenvalue weighted by Crippen LogP contribution is 2.30. The number of carbonyl (C=O) groups is 4. The Labute approximate surface area is 182 Å². The lowest BCUT2D eigenvalue weighted by Crippen LogP contribution is -2.43. The molecule has 1 N–H and O–H groups in total. The van der Waals surface area contributed by atoms with E-state index in [9.17, 15) is 24.3 Å². The average Bonchev–Trinajstić information content (AvgIpc) is 3.48. The van der Waals surface area contributed by atoms with E-state index in [4.69, 9.17) is 0 Å². The van der Waals surface area contributed by atoms with Crippen molar-refractivity contribution >= 4 is 23.6 Å². The van der Waals surface area contributed by atoms with Crippen LogP contribution in [0.3, 0.4) is 0 Å². The second kappa shape index (κ2) is 9.20. The fourth-order valence-corrected chi connectivity index (χ4v) is 5.35. The summed E-state index contributed by atoms with van der Waals surface area (Å²) < 4.78 is 0. The predicted octanol–water partition coefficient (Wildman–Crippen LogP) is 3.13. The van der Waals surface area contributed by atoms with E-state index in [1.54, 1.807) is 29.2 Å². The molecular formula is C24H30N2O5. The minimum atomic E-state index is -1.00. The number of carboxylic acids is 1. The van der Waals surface area contributed by atoms with E-state index >= 15 is 0 Å². The fourth-order valence-electron chi connectivity index (χ4n) is 5.35. The quantitative estimate of drug-likeness (QED) is 0.781. The Bertz CT molecular complexity index is 876. The molecule has 3 aliphatic rings. The van der Waals surface area contributed by atoms with Gasteiger partial charge >= 0.3 is 5.97 Å². The summed E-state index contributed by atoms with van der Waals surface area (Å²) in [6.07, 6.45) is 7.78. The maximum absolute atomic E-state index is 13.3. The van der Waals surface area contributed by atoms with Gasteiger partial charge in [-0.05, 0) is 56.7 Å². The molecular weight excluding hydrogens is 396 g/mol. The third-order valence-electron chi connectivity index (χ3n) is 7.00. The Morgan fingerprint density at radius 3 is 1.87 bits per heavy atom. The van der Waals surface area contributed by atoms with E-state index in [0.717, 1.165) is 32.1 Å². The maximum atomic E-state index is 13.3. The number of carboxylic acid groups (broad SMARTS) is 1. The number of aliphatic carboxylic acids is 1. The van der Waals surface area contributed by atoms with Gasteiger partial charge in [-0.3, -0.25) is 14.4 Å². The topological polar surface area (TPSA) is 95.0 Å². The first kappa shape index (κ1) is 21.5. The van der Waals surface area contributed by atoms with Crippen LogP contribution in [0, 0.1) is 5.92 Å². The van der Waals surface area contributed by atoms with Crippen LogP contribution in [0.4, 0.5) is 0 Å². The summed E-state index contributed by atoms with van der Waals surface area (Å²) in [5.41, 5.74) is 0.689. The monoisotopic (exact) mass is 426 g/mol. The summed E-state index contributed by atoms with van der Waals surface area (Å²) >= 11 is 0. The van der Waals surface area contributed by atoms with Crippen molar-refractivity contribution in [2.75, 3.05) is 13.1 Å². The Hall–Kier alpha value is -2.70. The number of nitrogens with zero attached hydrogens (tertiary/aromatic N) is 2. The molecule has 1 aromatic carbocycles. The number of rotatable bonds is 5. The molecule has 0 aromatic heterocycles. The van der Waals surface area contributed by atoms with Gasteiger partial charge in [0.05, 0.1) is 6.04 Å². The maximum Gasteiger partial charge on any atom is 0.326 e. The first-order chi connectivity index (χ1) is 15.0. The van der Waals surface area contributed by atoms with Crippen molar-refractivity contribution in [1.29, 1.82) is 0 Å². The molecule has 0 radical (unpaired) electrons. The number of likely N-dealkylation sites (tertiary alicyclic amines) is 2. The van der Waals surface area contributed by atoms with E-state index in [1.807, 2.05) is 0 Å². The molecule has 2 amide bonds. The van der Waals surface area contributed by atoms with Crippen molar-refractivity contribution in [3.05, 3.63) is 35.4 Å². The molecule has 7 nitrogen and oxygen atoms in total. The summed E-state index contributed by atoms with van der Waals surface area (Å²) in [4.78, 5) is 53.8. The van der Waals surface area contributed by atoms with Crippen LogP contribution < -0.4 is 0 Å². The van der Waals surface area contributed by atoms with E-state index in [0.29, 0.717) is 43.5 Å². The predicted molar refractivity (Wildman–Crippen MR) is 114 cm³/mol. The molecule has 1 aromatic rings. The summed E-state index contributed by atoms with van der Waals surface area (Å²) in [5, 5.41) is 9.37. The minimum absolute atomic E-state index is 0.0585. The second-order valence-electron chi connectivity index (χ2n) is 8.97. The summed E-state index contributed by atoms with van der Waals surface area (Å²) in [6, 6.07) is 5.29. The van der Waals surface area contributed by atoms with Crippen molar-refractivity contribution in [2.45, 2.75) is 69.9 Å². The number of hydrogen-bond acceptors (Lipinski definition) is 4. The molecule has 0 bridgehead atoms. The second-order valence-corrected chi connectivity index (χ2v) is 8.97. The highest BCUT2D eigenvalue weighted by Gasteiger charge is 2.38. The molecule has 1 aliphatic carbocycles. The Kier molecular flexibility index (Phi) is 6.39. The first-order valence-corrected chi connectivity index (χ1v) is 11.5. The zero-order chi connectivity index (χ0) is 22.0. The summed E-state index contributed by atoms with van der Waals surface area (Å²) in [6.45, 7) is 0.950. The first-order valence-electron chi connectivity index (χ1n) is 11.5. The van der Waals surface area contributed by atoms with Gasteiger partial charge in [-0.2, -0.15) is 0 Å². The Morgan fingerprint density at radius 1 is 0.742 bits per heavy atom. The highest BCUT2D eigenvalue weighted by molar-refractivity contribution is 6.02. The van der Waals surface area contributed by atoms with Crippen molar-refractivity contribution < 1.29 is 24.3 Å². The van der Waals surface area contributed by atoms with Gasteiger partial charge in [-0.1, -0.05) is 25.3 Å². The molecule has 2 atom stereocenters. The van der Waals surface area contributed by atoms with Gasteiger partial charge in [-0.15, -0.1) is 0 Å². The van der Waals surface area contributed by atoms with Gasteiger partial charge in [0.15, 0.2) is 5.78 Å². The molecule has 4 rings (SSSR count). The number of carbonyl (C=O) groups excluding carboxylic acids is 3. The molecule has 2 aliphatic heterocycles. The molecule has 1 saturated carbocycles. The van der Waals surface area contributed by atoms with Gasteiger partial charge in [0.2, 0.25) is 0 Å². The molecule has 0 unspecified atom stereocenters. The zero-order valence-corrected chi connectivity index (χ0v) is 17.8. The third-order valence-corrected chi connectivity index (χ3v) is 7.00. The van der Waals surface area contributed by atoms with E-state index in [-0.39, 0.29) is 29.6 Å². The number of Topliss-reactive ketones (excluding diaryl/α,β-unsaturated/α-hetero) is 1. The summed E-state index contributed by atoms with van der Waals surface area (Å²) in [7, 11) is 0. The zero-order valence-electron chi connectivity index (χ0n) is 17.8. The third kappa shape index (κ3) is 4.36. The van der Waals surface area contributed by atoms with Gasteiger partial charge in [0.1, 0.15) is 6.04 Å². The molecule has 3 fully saturated rings. The van der Waals surface area contributed by atoms with Gasteiger partial charge < -0.3 is 14.9 Å². The van der Waals surface area contributed by atoms with E-state index in [2.05, 4.69) is 0 Å². The van der Waals surface area contributed by atoms with Crippen molar-refractivity contribution in [3.8, 4) is 0 Å². The molecule has 0 spiro atoms. The molecule has 166 valence electrons. The van der Waals surface area contributed by atoms with Crippen LogP contribution in [0.1, 0.15) is 78.5 Å². The van der Waals surface area contributed by atoms with Crippen LogP contribution in [-0.2, 0) is 9.59 Å². The summed E-state index contributed by atoms with van der Waals surface area (Å²) in [5.74, 6) is -1.34. The Balaban J connectivity index is 1.50. The van der Waals surface area contributed by atoms with Crippen LogP contribution >= 0.6 is 0 Å². The number of amides is 2. The number of benzene rings is 1. The largest absolute Gasteiger partial charge is 0.480 e. The highest BCUT2D eigenvalue weighted by atomic mass is 16.4. The SMILES string of the molecule is O=C(O)[C@@H]1CCCN1C(=O)c1cccc(C(=O)N2CCC[C@H]2C(=O)C2CCCCC2)c1. The smallest absolute Gasteiger partial charge is 0.326 e. The molecule has 31 heavy (non-hydrogen) atoms. The van der Waals surface area contributed by atoms with Crippen LogP contribution in [0.2, 0.25) is 0 Å². The lowest BCUT2D eigenvalue weighted by atomic mass is 9.83. The van der Waals surface area contributed by atoms with Crippen molar-refractivity contribution in [1.82, 2.24) is 9.80 Å². The van der Waals surface area contributed by atoms with Crippen LogP contribution in [0.15, 0.2) is 24.3 Å². The van der Waals surface area contributed by atoms with Gasteiger partial charge in [0, 0.05) is 30.1 Å². The number of hydrogen-bond donors (Lipinski definition) is 1. The lowest BCUT2D eigenvalue weighted by Gasteiger charge is -2.29. The van der Waals surface area contributed by atoms with Crippen LogP contribution in [0.5, 0.6) is 0 Å². The van der Waals surface area contributed by atoms with E-state index in [1.165, 1.54) is 11.3 Å². The fraction of sp³-hybridized carbons (Fsp3) is 0.583. The molecule has 7 heteroatoms. The number of ketones is 1. The van der Waals surface area contributed by atoms with Crippen molar-refractivity contribution in [3.63, 3.8) is 0 Å². The Morgan fingerprint density at radius 2 is 1.29 bits per heavy atom. The van der Waals surface area contributed by atoms with Gasteiger partial charge in [-0.25, -0.2) is 4.79 Å². The standard InChI is InChI=1S/C24H30N2O5/c27-21(16-7-2-1-3-8-16)19-11-5-13-25(19)22(28)17-9-4-10-18(15-17)23(29)26-14-6-12-20(26)24(30)31/h4,9-10,15-16,19-20H,1-3,5-8,11-14H2,(H,30,31)/t19-,20-/m0/s1. The normalized spacial score (nSPS) is 24.4. The average molecular weight is 427 g/mol.